The maximum Gasteiger partial charge on any atom is 0.137 e. The van der Waals surface area contributed by atoms with Crippen LogP contribution in [0.5, 0.6) is 5.75 Å². The highest BCUT2D eigenvalue weighted by molar-refractivity contribution is 6.32. The second-order valence-corrected chi connectivity index (χ2v) is 4.80. The molecule has 0 amide bonds. The third-order valence-electron chi connectivity index (χ3n) is 2.43. The van der Waals surface area contributed by atoms with E-state index >= 15 is 0 Å². The Kier molecular flexibility index (Phi) is 4.43. The van der Waals surface area contributed by atoms with Crippen LogP contribution in [0.3, 0.4) is 0 Å². The molecule has 0 fully saturated rings. The summed E-state index contributed by atoms with van der Waals surface area (Å²) in [7, 11) is 0. The molecule has 0 aromatic heterocycles. The lowest BCUT2D eigenvalue weighted by atomic mass is 9.90. The van der Waals surface area contributed by atoms with Gasteiger partial charge in [-0.1, -0.05) is 37.6 Å². The van der Waals surface area contributed by atoms with Crippen molar-refractivity contribution in [3.05, 3.63) is 29.3 Å². The van der Waals surface area contributed by atoms with E-state index in [1.54, 1.807) is 0 Å². The summed E-state index contributed by atoms with van der Waals surface area (Å²) < 4.78 is 5.59. The third-order valence-corrected chi connectivity index (χ3v) is 2.74. The number of rotatable bonds is 5. The summed E-state index contributed by atoms with van der Waals surface area (Å²) >= 11 is 5.96. The van der Waals surface area contributed by atoms with Gasteiger partial charge in [0.1, 0.15) is 5.75 Å². The average Bonchev–Trinajstić information content (AvgIpc) is 2.21. The van der Waals surface area contributed by atoms with Crippen molar-refractivity contribution < 1.29 is 4.74 Å². The summed E-state index contributed by atoms with van der Waals surface area (Å²) in [6.45, 7) is 5.57. The van der Waals surface area contributed by atoms with E-state index < -0.39 is 0 Å². The number of benzene rings is 1. The van der Waals surface area contributed by atoms with Gasteiger partial charge in [-0.2, -0.15) is 0 Å². The lowest BCUT2D eigenvalue weighted by molar-refractivity contribution is 0.233. The molecule has 1 aromatic carbocycles. The molecule has 0 bridgehead atoms. The normalized spacial score (nSPS) is 11.5. The van der Waals surface area contributed by atoms with Crippen molar-refractivity contribution >= 4 is 11.6 Å². The van der Waals surface area contributed by atoms with Gasteiger partial charge in [-0.05, 0) is 30.5 Å². The van der Waals surface area contributed by atoms with Gasteiger partial charge < -0.3 is 10.5 Å². The zero-order valence-electron chi connectivity index (χ0n) is 9.29. The fraction of sp³-hybridized carbons (Fsp3) is 0.500. The summed E-state index contributed by atoms with van der Waals surface area (Å²) in [5.74, 6) is 0.743. The van der Waals surface area contributed by atoms with Crippen LogP contribution in [0.15, 0.2) is 24.3 Å². The Morgan fingerprint density at radius 1 is 1.33 bits per heavy atom. The lowest BCUT2D eigenvalue weighted by Gasteiger charge is -2.22. The Balaban J connectivity index is 2.42. The van der Waals surface area contributed by atoms with Crippen molar-refractivity contribution in [3.63, 3.8) is 0 Å². The van der Waals surface area contributed by atoms with Gasteiger partial charge in [0, 0.05) is 0 Å². The number of hydrogen-bond donors (Lipinski definition) is 1. The first-order chi connectivity index (χ1) is 7.05. The molecule has 0 unspecified atom stereocenters. The zero-order chi connectivity index (χ0) is 11.3. The van der Waals surface area contributed by atoms with Gasteiger partial charge in [0.15, 0.2) is 0 Å². The van der Waals surface area contributed by atoms with Gasteiger partial charge in [-0.25, -0.2) is 0 Å². The Morgan fingerprint density at radius 2 is 2.00 bits per heavy atom. The fourth-order valence-corrected chi connectivity index (χ4v) is 1.29. The molecule has 2 nitrogen and oxygen atoms in total. The van der Waals surface area contributed by atoms with E-state index in [9.17, 15) is 0 Å². The van der Waals surface area contributed by atoms with Crippen molar-refractivity contribution in [2.24, 2.45) is 11.1 Å². The number of ether oxygens (including phenoxy) is 1. The Morgan fingerprint density at radius 3 is 2.60 bits per heavy atom. The number of nitrogens with two attached hydrogens (primary N) is 1. The molecular weight excluding hydrogens is 210 g/mol. The number of halogens is 1. The molecule has 1 aromatic rings. The molecule has 0 spiro atoms. The van der Waals surface area contributed by atoms with Gasteiger partial charge in [0.25, 0.3) is 0 Å². The minimum atomic E-state index is 0.126. The Bertz CT molecular complexity index is 312. The first-order valence-electron chi connectivity index (χ1n) is 5.12. The molecule has 0 saturated carbocycles. The Labute approximate surface area is 96.4 Å². The van der Waals surface area contributed by atoms with Crippen LogP contribution in [0.1, 0.15) is 20.3 Å². The van der Waals surface area contributed by atoms with Crippen LogP contribution < -0.4 is 10.5 Å². The van der Waals surface area contributed by atoms with E-state index in [0.717, 1.165) is 12.2 Å². The molecule has 0 aliphatic heterocycles. The van der Waals surface area contributed by atoms with E-state index in [1.807, 2.05) is 24.3 Å². The first-order valence-corrected chi connectivity index (χ1v) is 5.50. The molecule has 15 heavy (non-hydrogen) atoms. The van der Waals surface area contributed by atoms with Crippen LogP contribution in [0.2, 0.25) is 5.02 Å². The quantitative estimate of drug-likeness (QED) is 0.839. The topological polar surface area (TPSA) is 35.2 Å². The second kappa shape index (κ2) is 5.38. The minimum absolute atomic E-state index is 0.126. The van der Waals surface area contributed by atoms with Crippen LogP contribution in [0.25, 0.3) is 0 Å². The highest BCUT2D eigenvalue weighted by Gasteiger charge is 2.15. The molecule has 1 rings (SSSR count). The smallest absolute Gasteiger partial charge is 0.137 e. The Hall–Kier alpha value is -0.730. The first kappa shape index (κ1) is 12.3. The van der Waals surface area contributed by atoms with Gasteiger partial charge in [-0.15, -0.1) is 0 Å². The van der Waals surface area contributed by atoms with Crippen LogP contribution in [0.4, 0.5) is 0 Å². The molecule has 0 aliphatic rings. The second-order valence-electron chi connectivity index (χ2n) is 4.40. The molecular formula is C12H18ClNO. The predicted octanol–water partition coefficient (Wildman–Crippen LogP) is 3.09. The van der Waals surface area contributed by atoms with E-state index in [1.165, 1.54) is 0 Å². The fourth-order valence-electron chi connectivity index (χ4n) is 1.10. The summed E-state index contributed by atoms with van der Waals surface area (Å²) in [4.78, 5) is 0. The largest absolute Gasteiger partial charge is 0.492 e. The molecule has 3 heteroatoms. The third kappa shape index (κ3) is 4.10. The van der Waals surface area contributed by atoms with Crippen LogP contribution in [0, 0.1) is 5.41 Å². The molecule has 84 valence electrons. The molecule has 2 N–H and O–H groups in total. The van der Waals surface area contributed by atoms with E-state index in [-0.39, 0.29) is 5.41 Å². The molecule has 0 heterocycles. The highest BCUT2D eigenvalue weighted by Crippen LogP contribution is 2.25. The summed E-state index contributed by atoms with van der Waals surface area (Å²) in [5, 5.41) is 0.656. The van der Waals surface area contributed by atoms with E-state index in [4.69, 9.17) is 22.1 Å². The monoisotopic (exact) mass is 227 g/mol. The van der Waals surface area contributed by atoms with Gasteiger partial charge >= 0.3 is 0 Å². The van der Waals surface area contributed by atoms with Gasteiger partial charge in [0.2, 0.25) is 0 Å². The van der Waals surface area contributed by atoms with Crippen LogP contribution >= 0.6 is 11.6 Å². The van der Waals surface area contributed by atoms with Crippen LogP contribution in [-0.4, -0.2) is 13.2 Å². The summed E-state index contributed by atoms with van der Waals surface area (Å²) in [6, 6.07) is 7.50. The van der Waals surface area contributed by atoms with Gasteiger partial charge in [-0.3, -0.25) is 0 Å². The van der Waals surface area contributed by atoms with Crippen molar-refractivity contribution in [2.45, 2.75) is 20.3 Å². The number of hydrogen-bond acceptors (Lipinski definition) is 2. The summed E-state index contributed by atoms with van der Waals surface area (Å²) in [5.41, 5.74) is 5.76. The maximum absolute atomic E-state index is 5.96. The SMILES string of the molecule is CC(C)(CN)CCOc1ccccc1Cl. The maximum atomic E-state index is 5.96. The minimum Gasteiger partial charge on any atom is -0.492 e. The van der Waals surface area contributed by atoms with E-state index in [2.05, 4.69) is 13.8 Å². The predicted molar refractivity (Wildman–Crippen MR) is 64.4 cm³/mol. The van der Waals surface area contributed by atoms with Crippen molar-refractivity contribution in [2.75, 3.05) is 13.2 Å². The molecule has 0 saturated heterocycles. The number of para-hydroxylation sites is 1. The van der Waals surface area contributed by atoms with Crippen molar-refractivity contribution in [1.82, 2.24) is 0 Å². The lowest BCUT2D eigenvalue weighted by Crippen LogP contribution is -2.25. The highest BCUT2D eigenvalue weighted by atomic mass is 35.5. The van der Waals surface area contributed by atoms with Crippen molar-refractivity contribution in [1.29, 1.82) is 0 Å². The molecule has 0 aliphatic carbocycles. The molecule has 0 atom stereocenters. The van der Waals surface area contributed by atoms with E-state index in [0.29, 0.717) is 18.2 Å². The summed E-state index contributed by atoms with van der Waals surface area (Å²) in [6.07, 6.45) is 0.925. The van der Waals surface area contributed by atoms with Crippen molar-refractivity contribution in [3.8, 4) is 5.75 Å². The van der Waals surface area contributed by atoms with Gasteiger partial charge in [0.05, 0.1) is 11.6 Å². The average molecular weight is 228 g/mol. The zero-order valence-corrected chi connectivity index (χ0v) is 10.1. The van der Waals surface area contributed by atoms with Crippen LogP contribution in [-0.2, 0) is 0 Å². The molecule has 0 radical (unpaired) electrons. The standard InChI is InChI=1S/C12H18ClNO/c1-12(2,9-14)7-8-15-11-6-4-3-5-10(11)13/h3-6H,7-9,14H2,1-2H3.